The number of rotatable bonds is 6. The fourth-order valence-corrected chi connectivity index (χ4v) is 3.28. The molecule has 0 saturated carbocycles. The molecule has 0 radical (unpaired) electrons. The van der Waals surface area contributed by atoms with E-state index in [4.69, 9.17) is 9.47 Å². The first kappa shape index (κ1) is 16.9. The van der Waals surface area contributed by atoms with Crippen LogP contribution in [-0.4, -0.2) is 40.1 Å². The standard InChI is InChI=1S/C19H19N5O3/c1-24-9-13(17-15(24)7-16(26-2)19(23-17)27-3)14-6-12-11(8-20-10-25)4-5-21-18(12)22-14/h4-7,9-10H,8H2,1-3H3,(H,20,25)(H,21,22). The van der Waals surface area contributed by atoms with Gasteiger partial charge in [-0.3, -0.25) is 4.79 Å². The number of hydrogen-bond donors (Lipinski definition) is 2. The van der Waals surface area contributed by atoms with Crippen molar-refractivity contribution in [1.29, 1.82) is 0 Å². The summed E-state index contributed by atoms with van der Waals surface area (Å²) in [5.41, 5.74) is 5.29. The van der Waals surface area contributed by atoms with Gasteiger partial charge in [-0.2, -0.15) is 0 Å². The van der Waals surface area contributed by atoms with Crippen LogP contribution in [0.3, 0.4) is 0 Å². The van der Waals surface area contributed by atoms with Gasteiger partial charge in [0, 0.05) is 43.0 Å². The Hall–Kier alpha value is -3.55. The van der Waals surface area contributed by atoms with E-state index in [1.807, 2.05) is 36.0 Å². The van der Waals surface area contributed by atoms with E-state index in [2.05, 4.69) is 20.3 Å². The zero-order valence-corrected chi connectivity index (χ0v) is 15.2. The summed E-state index contributed by atoms with van der Waals surface area (Å²) in [7, 11) is 5.12. The average molecular weight is 365 g/mol. The SMILES string of the molecule is COc1cc2c(nc1OC)c(-c1cc3c(CNC=O)ccnc3[nH]1)cn2C. The number of methoxy groups -OCH3 is 2. The Morgan fingerprint density at radius 2 is 2.15 bits per heavy atom. The van der Waals surface area contributed by atoms with Crippen LogP contribution in [0, 0.1) is 0 Å². The van der Waals surface area contributed by atoms with Crippen LogP contribution in [-0.2, 0) is 18.4 Å². The molecule has 8 heteroatoms. The maximum absolute atomic E-state index is 10.6. The van der Waals surface area contributed by atoms with Gasteiger partial charge in [0.1, 0.15) is 11.2 Å². The first-order valence-corrected chi connectivity index (χ1v) is 8.38. The molecule has 0 spiro atoms. The van der Waals surface area contributed by atoms with Crippen molar-refractivity contribution < 1.29 is 14.3 Å². The predicted molar refractivity (Wildman–Crippen MR) is 102 cm³/mol. The summed E-state index contributed by atoms with van der Waals surface area (Å²) in [5, 5.41) is 3.66. The second-order valence-corrected chi connectivity index (χ2v) is 6.14. The molecule has 0 saturated heterocycles. The lowest BCUT2D eigenvalue weighted by molar-refractivity contribution is -0.109. The molecule has 1 amide bonds. The van der Waals surface area contributed by atoms with Gasteiger partial charge in [-0.1, -0.05) is 0 Å². The maximum Gasteiger partial charge on any atom is 0.257 e. The highest BCUT2D eigenvalue weighted by Gasteiger charge is 2.17. The highest BCUT2D eigenvalue weighted by atomic mass is 16.5. The van der Waals surface area contributed by atoms with E-state index in [-0.39, 0.29) is 0 Å². The second kappa shape index (κ2) is 6.64. The number of H-pyrrole nitrogens is 1. The Balaban J connectivity index is 1.90. The number of aryl methyl sites for hydroxylation is 1. The molecular formula is C19H19N5O3. The highest BCUT2D eigenvalue weighted by Crippen LogP contribution is 2.36. The molecule has 0 aliphatic heterocycles. The molecule has 8 nitrogen and oxygen atoms in total. The summed E-state index contributed by atoms with van der Waals surface area (Å²) in [6.07, 6.45) is 4.42. The lowest BCUT2D eigenvalue weighted by Crippen LogP contribution is -2.09. The molecule has 4 aromatic rings. The number of pyridine rings is 2. The molecule has 0 bridgehead atoms. The molecule has 138 valence electrons. The van der Waals surface area contributed by atoms with Crippen molar-refractivity contribution in [2.24, 2.45) is 7.05 Å². The summed E-state index contributed by atoms with van der Waals surface area (Å²) in [6.45, 7) is 0.443. The third-order valence-corrected chi connectivity index (χ3v) is 4.59. The van der Waals surface area contributed by atoms with Crippen molar-refractivity contribution in [3.05, 3.63) is 36.2 Å². The number of amides is 1. The minimum absolute atomic E-state index is 0.433. The molecule has 4 aromatic heterocycles. The number of nitrogens with one attached hydrogen (secondary N) is 2. The van der Waals surface area contributed by atoms with E-state index in [1.54, 1.807) is 20.4 Å². The van der Waals surface area contributed by atoms with Crippen molar-refractivity contribution in [3.8, 4) is 22.9 Å². The van der Waals surface area contributed by atoms with Crippen molar-refractivity contribution in [3.63, 3.8) is 0 Å². The Kier molecular flexibility index (Phi) is 4.15. The summed E-state index contributed by atoms with van der Waals surface area (Å²) < 4.78 is 12.7. The first-order chi connectivity index (χ1) is 13.2. The Morgan fingerprint density at radius 1 is 1.30 bits per heavy atom. The van der Waals surface area contributed by atoms with Crippen molar-refractivity contribution in [2.45, 2.75) is 6.54 Å². The number of aromatic nitrogens is 4. The molecule has 4 rings (SSSR count). The largest absolute Gasteiger partial charge is 0.491 e. The molecular weight excluding hydrogens is 346 g/mol. The number of fused-ring (bicyclic) bond motifs is 2. The number of aromatic amines is 1. The highest BCUT2D eigenvalue weighted by molar-refractivity contribution is 5.96. The van der Waals surface area contributed by atoms with Crippen LogP contribution in [0.4, 0.5) is 0 Å². The smallest absolute Gasteiger partial charge is 0.257 e. The molecule has 0 aliphatic carbocycles. The van der Waals surface area contributed by atoms with E-state index < -0.39 is 0 Å². The van der Waals surface area contributed by atoms with Gasteiger partial charge in [-0.25, -0.2) is 9.97 Å². The molecule has 0 fully saturated rings. The molecule has 27 heavy (non-hydrogen) atoms. The summed E-state index contributed by atoms with van der Waals surface area (Å²) in [5.74, 6) is 1.01. The fraction of sp³-hybridized carbons (Fsp3) is 0.211. The van der Waals surface area contributed by atoms with Crippen LogP contribution in [0.15, 0.2) is 30.6 Å². The van der Waals surface area contributed by atoms with Gasteiger partial charge in [-0.15, -0.1) is 0 Å². The zero-order valence-electron chi connectivity index (χ0n) is 15.2. The third-order valence-electron chi connectivity index (χ3n) is 4.59. The van der Waals surface area contributed by atoms with Crippen LogP contribution in [0.2, 0.25) is 0 Å². The van der Waals surface area contributed by atoms with Crippen LogP contribution in [0.1, 0.15) is 5.56 Å². The van der Waals surface area contributed by atoms with Crippen molar-refractivity contribution in [1.82, 2.24) is 24.8 Å². The second-order valence-electron chi connectivity index (χ2n) is 6.14. The average Bonchev–Trinajstić information content (AvgIpc) is 3.26. The topological polar surface area (TPSA) is 94.1 Å². The Bertz CT molecular complexity index is 1150. The van der Waals surface area contributed by atoms with E-state index in [9.17, 15) is 4.79 Å². The number of carbonyl (C=O) groups excluding carboxylic acids is 1. The van der Waals surface area contributed by atoms with Crippen molar-refractivity contribution >= 4 is 28.5 Å². The molecule has 0 aromatic carbocycles. The van der Waals surface area contributed by atoms with E-state index in [0.717, 1.165) is 38.9 Å². The third kappa shape index (κ3) is 2.75. The van der Waals surface area contributed by atoms with Gasteiger partial charge >= 0.3 is 0 Å². The lowest BCUT2D eigenvalue weighted by atomic mass is 10.1. The van der Waals surface area contributed by atoms with Crippen LogP contribution in [0.25, 0.3) is 33.3 Å². The molecule has 0 atom stereocenters. The van der Waals surface area contributed by atoms with E-state index in [0.29, 0.717) is 24.6 Å². The Labute approximate surface area is 155 Å². The first-order valence-electron chi connectivity index (χ1n) is 8.38. The molecule has 0 aliphatic rings. The van der Waals surface area contributed by atoms with Crippen LogP contribution in [0.5, 0.6) is 11.6 Å². The van der Waals surface area contributed by atoms with Gasteiger partial charge in [0.15, 0.2) is 5.75 Å². The summed E-state index contributed by atoms with van der Waals surface area (Å²) >= 11 is 0. The molecule has 4 heterocycles. The minimum atomic E-state index is 0.433. The lowest BCUT2D eigenvalue weighted by Gasteiger charge is -2.07. The Morgan fingerprint density at radius 3 is 2.89 bits per heavy atom. The summed E-state index contributed by atoms with van der Waals surface area (Å²) in [6, 6.07) is 5.83. The quantitative estimate of drug-likeness (QED) is 0.512. The van der Waals surface area contributed by atoms with Gasteiger partial charge in [-0.05, 0) is 17.7 Å². The molecule has 0 unspecified atom stereocenters. The monoisotopic (exact) mass is 365 g/mol. The predicted octanol–water partition coefficient (Wildman–Crippen LogP) is 2.38. The van der Waals surface area contributed by atoms with Gasteiger partial charge in [0.25, 0.3) is 5.88 Å². The number of nitrogens with zero attached hydrogens (tertiary/aromatic N) is 3. The van der Waals surface area contributed by atoms with Crippen LogP contribution < -0.4 is 14.8 Å². The summed E-state index contributed by atoms with van der Waals surface area (Å²) in [4.78, 5) is 23.0. The minimum Gasteiger partial charge on any atom is -0.491 e. The van der Waals surface area contributed by atoms with E-state index in [1.165, 1.54) is 0 Å². The maximum atomic E-state index is 10.6. The zero-order chi connectivity index (χ0) is 19.0. The van der Waals surface area contributed by atoms with Gasteiger partial charge in [0.2, 0.25) is 6.41 Å². The number of ether oxygens (including phenoxy) is 2. The fourth-order valence-electron chi connectivity index (χ4n) is 3.28. The van der Waals surface area contributed by atoms with E-state index >= 15 is 0 Å². The van der Waals surface area contributed by atoms with Crippen LogP contribution >= 0.6 is 0 Å². The number of hydrogen-bond acceptors (Lipinski definition) is 5. The molecule has 2 N–H and O–H groups in total. The van der Waals surface area contributed by atoms with Crippen molar-refractivity contribution in [2.75, 3.05) is 14.2 Å². The number of carbonyl (C=O) groups is 1. The van der Waals surface area contributed by atoms with Gasteiger partial charge < -0.3 is 24.3 Å². The van der Waals surface area contributed by atoms with Gasteiger partial charge in [0.05, 0.1) is 25.4 Å². The normalized spacial score (nSPS) is 11.1.